The van der Waals surface area contributed by atoms with Crippen LogP contribution in [0.5, 0.6) is 0 Å². The third-order valence-electron chi connectivity index (χ3n) is 3.05. The van der Waals surface area contributed by atoms with Crippen LogP contribution in [0.15, 0.2) is 24.3 Å². The third-order valence-corrected chi connectivity index (χ3v) is 3.05. The number of carboxylic acid groups (broad SMARTS) is 1. The van der Waals surface area contributed by atoms with Crippen molar-refractivity contribution in [3.8, 4) is 0 Å². The average molecular weight is 244 g/mol. The molecule has 0 radical (unpaired) electrons. The lowest BCUT2D eigenvalue weighted by molar-refractivity contribution is 0.0695. The summed E-state index contributed by atoms with van der Waals surface area (Å²) in [6, 6.07) is 8.15. The second kappa shape index (κ2) is 4.64. The van der Waals surface area contributed by atoms with E-state index in [-0.39, 0.29) is 0 Å². The molecule has 0 aliphatic carbocycles. The molecule has 0 saturated carbocycles. The van der Waals surface area contributed by atoms with E-state index in [4.69, 9.17) is 5.11 Å². The van der Waals surface area contributed by atoms with E-state index in [2.05, 4.69) is 5.10 Å². The normalized spacial score (nSPS) is 10.6. The summed E-state index contributed by atoms with van der Waals surface area (Å²) < 4.78 is 1.74. The van der Waals surface area contributed by atoms with Gasteiger partial charge in [0.1, 0.15) is 5.56 Å². The molecule has 0 atom stereocenters. The Morgan fingerprint density at radius 2 is 1.83 bits per heavy atom. The second-order valence-corrected chi connectivity index (χ2v) is 4.49. The first-order chi connectivity index (χ1) is 8.49. The van der Waals surface area contributed by atoms with E-state index in [0.29, 0.717) is 23.5 Å². The molecule has 4 heteroatoms. The molecule has 0 aliphatic heterocycles. The van der Waals surface area contributed by atoms with Gasteiger partial charge in [-0.05, 0) is 26.3 Å². The number of hydrogen-bond acceptors (Lipinski definition) is 2. The van der Waals surface area contributed by atoms with Gasteiger partial charge in [0.25, 0.3) is 0 Å². The summed E-state index contributed by atoms with van der Waals surface area (Å²) in [5.41, 5.74) is 3.89. The fraction of sp³-hybridized carbons (Fsp3) is 0.286. The van der Waals surface area contributed by atoms with Crippen molar-refractivity contribution in [2.45, 2.75) is 27.3 Å². The van der Waals surface area contributed by atoms with Crippen LogP contribution in [0.3, 0.4) is 0 Å². The lowest BCUT2D eigenvalue weighted by Gasteiger charge is -2.05. The van der Waals surface area contributed by atoms with Gasteiger partial charge in [0.05, 0.1) is 17.9 Å². The first kappa shape index (κ1) is 12.4. The first-order valence-corrected chi connectivity index (χ1v) is 5.82. The Morgan fingerprint density at radius 1 is 1.22 bits per heavy atom. The Balaban J connectivity index is 2.33. The van der Waals surface area contributed by atoms with Crippen molar-refractivity contribution in [2.75, 3.05) is 0 Å². The van der Waals surface area contributed by atoms with Crippen LogP contribution in [-0.2, 0) is 6.54 Å². The number of aryl methyl sites for hydroxylation is 2. The van der Waals surface area contributed by atoms with E-state index in [1.165, 1.54) is 5.56 Å². The zero-order valence-electron chi connectivity index (χ0n) is 10.8. The van der Waals surface area contributed by atoms with Gasteiger partial charge in [0, 0.05) is 0 Å². The summed E-state index contributed by atoms with van der Waals surface area (Å²) in [5.74, 6) is -0.917. The van der Waals surface area contributed by atoms with Crippen molar-refractivity contribution in [2.24, 2.45) is 0 Å². The Hall–Kier alpha value is -2.10. The van der Waals surface area contributed by atoms with E-state index in [1.54, 1.807) is 18.5 Å². The van der Waals surface area contributed by atoms with Crippen LogP contribution in [0.1, 0.15) is 32.9 Å². The number of aromatic carboxylic acids is 1. The van der Waals surface area contributed by atoms with Gasteiger partial charge in [0.2, 0.25) is 0 Å². The molecule has 0 amide bonds. The molecule has 0 bridgehead atoms. The summed E-state index contributed by atoms with van der Waals surface area (Å²) in [7, 11) is 0. The van der Waals surface area contributed by atoms with Crippen LogP contribution < -0.4 is 0 Å². The van der Waals surface area contributed by atoms with Crippen LogP contribution >= 0.6 is 0 Å². The molecule has 0 saturated heterocycles. The van der Waals surface area contributed by atoms with Crippen molar-refractivity contribution >= 4 is 5.97 Å². The van der Waals surface area contributed by atoms with Crippen molar-refractivity contribution in [3.63, 3.8) is 0 Å². The van der Waals surface area contributed by atoms with Gasteiger partial charge in [-0.25, -0.2) is 4.79 Å². The predicted molar refractivity (Wildman–Crippen MR) is 68.9 cm³/mol. The van der Waals surface area contributed by atoms with Gasteiger partial charge < -0.3 is 5.11 Å². The van der Waals surface area contributed by atoms with E-state index < -0.39 is 5.97 Å². The van der Waals surface area contributed by atoms with Crippen LogP contribution in [0.25, 0.3) is 0 Å². The minimum atomic E-state index is -0.917. The molecule has 0 aliphatic rings. The number of benzene rings is 1. The third kappa shape index (κ3) is 2.27. The fourth-order valence-corrected chi connectivity index (χ4v) is 2.03. The number of rotatable bonds is 3. The van der Waals surface area contributed by atoms with E-state index in [9.17, 15) is 4.79 Å². The van der Waals surface area contributed by atoms with E-state index in [0.717, 1.165) is 5.56 Å². The molecule has 18 heavy (non-hydrogen) atoms. The maximum atomic E-state index is 11.1. The molecule has 2 aromatic rings. The average Bonchev–Trinajstić information content (AvgIpc) is 2.57. The highest BCUT2D eigenvalue weighted by molar-refractivity contribution is 5.90. The van der Waals surface area contributed by atoms with Crippen molar-refractivity contribution in [1.82, 2.24) is 9.78 Å². The summed E-state index contributed by atoms with van der Waals surface area (Å²) in [6.07, 6.45) is 0. The van der Waals surface area contributed by atoms with Gasteiger partial charge in [-0.1, -0.05) is 29.8 Å². The first-order valence-electron chi connectivity index (χ1n) is 5.82. The molecule has 1 N–H and O–H groups in total. The van der Waals surface area contributed by atoms with Gasteiger partial charge in [-0.15, -0.1) is 0 Å². The molecular weight excluding hydrogens is 228 g/mol. The summed E-state index contributed by atoms with van der Waals surface area (Å²) in [5, 5.41) is 13.4. The number of hydrogen-bond donors (Lipinski definition) is 1. The fourth-order valence-electron chi connectivity index (χ4n) is 2.03. The summed E-state index contributed by atoms with van der Waals surface area (Å²) >= 11 is 0. The Bertz CT molecular complexity index is 583. The number of carbonyl (C=O) groups is 1. The molecule has 2 rings (SSSR count). The van der Waals surface area contributed by atoms with E-state index in [1.807, 2.05) is 31.2 Å². The molecule has 0 spiro atoms. The zero-order valence-corrected chi connectivity index (χ0v) is 10.8. The largest absolute Gasteiger partial charge is 0.478 e. The van der Waals surface area contributed by atoms with Gasteiger partial charge >= 0.3 is 5.97 Å². The maximum Gasteiger partial charge on any atom is 0.339 e. The monoisotopic (exact) mass is 244 g/mol. The van der Waals surface area contributed by atoms with Gasteiger partial charge in [0.15, 0.2) is 0 Å². The van der Waals surface area contributed by atoms with Crippen LogP contribution in [0.4, 0.5) is 0 Å². The minimum absolute atomic E-state index is 0.308. The molecule has 1 heterocycles. The van der Waals surface area contributed by atoms with E-state index >= 15 is 0 Å². The highest BCUT2D eigenvalue weighted by atomic mass is 16.4. The molecule has 0 unspecified atom stereocenters. The van der Waals surface area contributed by atoms with Gasteiger partial charge in [-0.3, -0.25) is 4.68 Å². The van der Waals surface area contributed by atoms with Crippen LogP contribution in [-0.4, -0.2) is 20.9 Å². The second-order valence-electron chi connectivity index (χ2n) is 4.49. The number of carboxylic acids is 1. The summed E-state index contributed by atoms with van der Waals surface area (Å²) in [6.45, 7) is 6.15. The van der Waals surface area contributed by atoms with Crippen LogP contribution in [0, 0.1) is 20.8 Å². The summed E-state index contributed by atoms with van der Waals surface area (Å²) in [4.78, 5) is 11.1. The topological polar surface area (TPSA) is 55.1 Å². The quantitative estimate of drug-likeness (QED) is 0.902. The highest BCUT2D eigenvalue weighted by Gasteiger charge is 2.17. The molecule has 4 nitrogen and oxygen atoms in total. The van der Waals surface area contributed by atoms with Gasteiger partial charge in [-0.2, -0.15) is 5.10 Å². The molecule has 1 aromatic heterocycles. The smallest absolute Gasteiger partial charge is 0.339 e. The van der Waals surface area contributed by atoms with Crippen molar-refractivity contribution in [1.29, 1.82) is 0 Å². The SMILES string of the molecule is Cc1ccc(Cn2nc(C)c(C(=O)O)c2C)cc1. The molecule has 0 fully saturated rings. The maximum absolute atomic E-state index is 11.1. The Labute approximate surface area is 106 Å². The van der Waals surface area contributed by atoms with Crippen molar-refractivity contribution in [3.05, 3.63) is 52.3 Å². The lowest BCUT2D eigenvalue weighted by atomic mass is 10.1. The minimum Gasteiger partial charge on any atom is -0.478 e. The molecule has 94 valence electrons. The van der Waals surface area contributed by atoms with Crippen LogP contribution in [0.2, 0.25) is 0 Å². The lowest BCUT2D eigenvalue weighted by Crippen LogP contribution is -2.05. The van der Waals surface area contributed by atoms with Crippen molar-refractivity contribution < 1.29 is 9.90 Å². The standard InChI is InChI=1S/C14H16N2O2/c1-9-4-6-12(7-5-9)8-16-11(3)13(14(17)18)10(2)15-16/h4-7H,8H2,1-3H3,(H,17,18). The Kier molecular flexibility index (Phi) is 3.19. The number of aromatic nitrogens is 2. The Morgan fingerprint density at radius 3 is 2.33 bits per heavy atom. The predicted octanol–water partition coefficient (Wildman–Crippen LogP) is 2.55. The number of nitrogens with zero attached hydrogens (tertiary/aromatic N) is 2. The molecular formula is C14H16N2O2. The molecule has 1 aromatic carbocycles. The zero-order chi connectivity index (χ0) is 13.3. The highest BCUT2D eigenvalue weighted by Crippen LogP contribution is 2.15.